The van der Waals surface area contributed by atoms with Crippen LogP contribution < -0.4 is 19.4 Å². The zero-order valence-electron chi connectivity index (χ0n) is 13.0. The molecule has 7 heteroatoms. The summed E-state index contributed by atoms with van der Waals surface area (Å²) in [5, 5.41) is 8.70. The van der Waals surface area contributed by atoms with Gasteiger partial charge in [-0.3, -0.25) is 0 Å². The summed E-state index contributed by atoms with van der Waals surface area (Å²) in [5.41, 5.74) is 6.07. The molecule has 115 valence electrons. The standard InChI is InChI=1S/C15H14N4O.CH5N.Hg/c16-14(20)13-2-1-6-18-15(13)19-12-4-3-10-5-7-17-9-11(10)8-12;1-2;/h1-5,7-9H,6H2,(H4,16,18,19,20);2H2,1H3;/q;;+1/p-1. The third kappa shape index (κ3) is 4.30. The molecule has 2 aromatic rings. The fourth-order valence-electron chi connectivity index (χ4n) is 2.22. The SMILES string of the molecule is CN.O=C([NH][Hg])C1=C(Nc2ccc3ccncc3c2)NCC=C1. The molecule has 0 saturated heterocycles. The van der Waals surface area contributed by atoms with Gasteiger partial charge in [-0.15, -0.1) is 0 Å². The van der Waals surface area contributed by atoms with Gasteiger partial charge in [-0.25, -0.2) is 0 Å². The molecule has 2 heterocycles. The molecule has 6 nitrogen and oxygen atoms in total. The van der Waals surface area contributed by atoms with Crippen molar-refractivity contribution in [3.05, 3.63) is 60.2 Å². The molecule has 1 aliphatic heterocycles. The number of anilines is 1. The van der Waals surface area contributed by atoms with Crippen molar-refractivity contribution in [3.63, 3.8) is 0 Å². The number of hydrogen-bond donors (Lipinski definition) is 4. The Morgan fingerprint density at radius 2 is 2.13 bits per heavy atom. The van der Waals surface area contributed by atoms with Crippen LogP contribution in [-0.4, -0.2) is 24.5 Å². The second-order valence-corrected chi connectivity index (χ2v) is 6.01. The van der Waals surface area contributed by atoms with Crippen LogP contribution in [0.4, 0.5) is 5.69 Å². The Hall–Kier alpha value is -1.92. The van der Waals surface area contributed by atoms with E-state index in [-0.39, 0.29) is 32.3 Å². The van der Waals surface area contributed by atoms with Crippen LogP contribution in [0.5, 0.6) is 0 Å². The Morgan fingerprint density at radius 1 is 1.30 bits per heavy atom. The molecule has 1 aromatic heterocycles. The molecule has 0 atom stereocenters. The first kappa shape index (κ1) is 17.4. The Morgan fingerprint density at radius 3 is 2.91 bits per heavy atom. The van der Waals surface area contributed by atoms with Gasteiger partial charge in [-0.2, -0.15) is 0 Å². The molecule has 0 radical (unpaired) electrons. The van der Waals surface area contributed by atoms with Crippen LogP contribution in [0, 0.1) is 0 Å². The molecule has 0 spiro atoms. The second kappa shape index (κ2) is 8.64. The molecule has 5 N–H and O–H groups in total. The van der Waals surface area contributed by atoms with Crippen molar-refractivity contribution in [2.75, 3.05) is 18.9 Å². The molecule has 1 aliphatic rings. The maximum absolute atomic E-state index is 11.9. The molecule has 0 aliphatic carbocycles. The van der Waals surface area contributed by atoms with E-state index < -0.39 is 0 Å². The summed E-state index contributed by atoms with van der Waals surface area (Å²) in [7, 11) is 1.50. The van der Waals surface area contributed by atoms with E-state index in [9.17, 15) is 4.79 Å². The fraction of sp³-hybridized carbons (Fsp3) is 0.125. The van der Waals surface area contributed by atoms with Crippen molar-refractivity contribution < 1.29 is 31.2 Å². The summed E-state index contributed by atoms with van der Waals surface area (Å²) >= 11 is 0.230. The van der Waals surface area contributed by atoms with E-state index in [1.165, 1.54) is 7.05 Å². The first-order valence-electron chi connectivity index (χ1n) is 7.18. The van der Waals surface area contributed by atoms with E-state index in [4.69, 9.17) is 0 Å². The van der Waals surface area contributed by atoms with Crippen LogP contribution in [0.15, 0.2) is 60.2 Å². The number of pyridine rings is 1. The van der Waals surface area contributed by atoms with Crippen molar-refractivity contribution in [2.24, 2.45) is 5.73 Å². The molecule has 1 amide bonds. The summed E-state index contributed by atoms with van der Waals surface area (Å²) in [6.07, 6.45) is 7.40. The number of aromatic nitrogens is 1. The van der Waals surface area contributed by atoms with Crippen LogP contribution in [0.3, 0.4) is 0 Å². The molecule has 0 saturated carbocycles. The molecular weight excluding hydrogens is 479 g/mol. The number of carbonyl (C=O) groups is 1. The third-order valence-corrected chi connectivity index (χ3v) is 4.51. The molecule has 0 unspecified atom stereocenters. The van der Waals surface area contributed by atoms with Gasteiger partial charge in [0.2, 0.25) is 0 Å². The normalized spacial score (nSPS) is 13.0. The van der Waals surface area contributed by atoms with E-state index in [0.717, 1.165) is 22.3 Å². The van der Waals surface area contributed by atoms with Gasteiger partial charge in [0.25, 0.3) is 0 Å². The predicted octanol–water partition coefficient (Wildman–Crippen LogP) is 1.17. The monoisotopic (exact) mass is 498 g/mol. The maximum atomic E-state index is 11.9. The molecule has 0 fully saturated rings. The van der Waals surface area contributed by atoms with Gasteiger partial charge in [0.15, 0.2) is 0 Å². The topological polar surface area (TPSA) is 92.1 Å². The first-order chi connectivity index (χ1) is 11.3. The Bertz CT molecular complexity index is 757. The van der Waals surface area contributed by atoms with Gasteiger partial charge in [-0.05, 0) is 7.05 Å². The van der Waals surface area contributed by atoms with Crippen molar-refractivity contribution in [1.82, 2.24) is 13.4 Å². The Balaban J connectivity index is 0.000000924. The van der Waals surface area contributed by atoms with E-state index >= 15 is 0 Å². The van der Waals surface area contributed by atoms with E-state index in [1.807, 2.05) is 42.6 Å². The number of carbonyl (C=O) groups excluding carboxylic acids is 1. The minimum atomic E-state index is -0.0354. The predicted molar refractivity (Wildman–Crippen MR) is 87.8 cm³/mol. The van der Waals surface area contributed by atoms with Crippen molar-refractivity contribution in [1.29, 1.82) is 0 Å². The average Bonchev–Trinajstić information content (AvgIpc) is 2.63. The number of nitrogens with zero attached hydrogens (tertiary/aromatic N) is 1. The zero-order chi connectivity index (χ0) is 16.7. The van der Waals surface area contributed by atoms with Crippen LogP contribution in [0.2, 0.25) is 0 Å². The zero-order valence-corrected chi connectivity index (χ0v) is 18.5. The summed E-state index contributed by atoms with van der Waals surface area (Å²) in [6, 6.07) is 8.03. The molecule has 1 aromatic carbocycles. The number of nitrogens with one attached hydrogen (secondary N) is 3. The molecule has 3 rings (SSSR count). The Kier molecular flexibility index (Phi) is 6.55. The second-order valence-electron chi connectivity index (χ2n) is 4.64. The number of amides is 1. The summed E-state index contributed by atoms with van der Waals surface area (Å²) in [6.45, 7) is 0.708. The number of rotatable bonds is 3. The quantitative estimate of drug-likeness (QED) is 0.479. The average molecular weight is 497 g/mol. The van der Waals surface area contributed by atoms with E-state index in [1.54, 1.807) is 6.20 Å². The van der Waals surface area contributed by atoms with Gasteiger partial charge < -0.3 is 5.73 Å². The summed E-state index contributed by atoms with van der Waals surface area (Å²) < 4.78 is 2.84. The fourth-order valence-corrected chi connectivity index (χ4v) is 2.96. The number of fused-ring (bicyclic) bond motifs is 1. The van der Waals surface area contributed by atoms with Crippen LogP contribution in [-0.2, 0) is 31.2 Å². The first-order valence-corrected chi connectivity index (χ1v) is 9.93. The van der Waals surface area contributed by atoms with Gasteiger partial charge >= 0.3 is 139 Å². The minimum absolute atomic E-state index is 0.0354. The van der Waals surface area contributed by atoms with Crippen LogP contribution in [0.25, 0.3) is 10.8 Å². The van der Waals surface area contributed by atoms with E-state index in [2.05, 4.69) is 24.4 Å². The van der Waals surface area contributed by atoms with Crippen molar-refractivity contribution >= 4 is 22.4 Å². The van der Waals surface area contributed by atoms with Crippen LogP contribution >= 0.6 is 0 Å². The summed E-state index contributed by atoms with van der Waals surface area (Å²) in [4.78, 5) is 16.1. The van der Waals surface area contributed by atoms with Crippen molar-refractivity contribution in [3.8, 4) is 0 Å². The molecule has 23 heavy (non-hydrogen) atoms. The van der Waals surface area contributed by atoms with Gasteiger partial charge in [-0.1, -0.05) is 0 Å². The number of nitrogens with two attached hydrogens (primary N) is 1. The van der Waals surface area contributed by atoms with Crippen molar-refractivity contribution in [2.45, 2.75) is 0 Å². The van der Waals surface area contributed by atoms with Gasteiger partial charge in [0, 0.05) is 0 Å². The van der Waals surface area contributed by atoms with Gasteiger partial charge in [0.05, 0.1) is 0 Å². The molecular formula is C16H18HgN5O. The number of dihydropyridines is 1. The van der Waals surface area contributed by atoms with E-state index in [0.29, 0.717) is 12.1 Å². The Labute approximate surface area is 151 Å². The third-order valence-electron chi connectivity index (χ3n) is 3.27. The van der Waals surface area contributed by atoms with Gasteiger partial charge in [0.1, 0.15) is 0 Å². The molecule has 0 bridgehead atoms. The number of hydrogen-bond acceptors (Lipinski definition) is 5. The summed E-state index contributed by atoms with van der Waals surface area (Å²) in [5.74, 6) is 0.704. The number of benzene rings is 1. The van der Waals surface area contributed by atoms with Crippen LogP contribution in [0.1, 0.15) is 0 Å².